The van der Waals surface area contributed by atoms with Gasteiger partial charge in [0.1, 0.15) is 0 Å². The molecule has 1 N–H and O–H groups in total. The molecule has 1 atom stereocenters. The summed E-state index contributed by atoms with van der Waals surface area (Å²) in [6.45, 7) is 0. The van der Waals surface area contributed by atoms with Gasteiger partial charge in [-0.2, -0.15) is 0 Å². The number of rotatable bonds is 1. The van der Waals surface area contributed by atoms with Gasteiger partial charge in [0.05, 0.1) is 0 Å². The summed E-state index contributed by atoms with van der Waals surface area (Å²) in [5, 5.41) is 2.84. The Kier molecular flexibility index (Phi) is 3.24. The van der Waals surface area contributed by atoms with Crippen LogP contribution in [0, 0.1) is 5.92 Å². The van der Waals surface area contributed by atoms with E-state index < -0.39 is 0 Å². The second-order valence-corrected chi connectivity index (χ2v) is 5.84. The lowest BCUT2D eigenvalue weighted by molar-refractivity contribution is -0.126. The molecule has 0 spiro atoms. The van der Waals surface area contributed by atoms with Gasteiger partial charge >= 0.3 is 0 Å². The third kappa shape index (κ3) is 2.23. The minimum Gasteiger partial charge on any atom is -0.476 e. The number of fused-ring (bicyclic) bond motifs is 1. The van der Waals surface area contributed by atoms with E-state index in [-0.39, 0.29) is 12.0 Å². The maximum absolute atomic E-state index is 12.1. The van der Waals surface area contributed by atoms with Gasteiger partial charge in [-0.15, -0.1) is 0 Å². The molecule has 1 aliphatic carbocycles. The summed E-state index contributed by atoms with van der Waals surface area (Å²) < 4.78 is 6.72. The first-order chi connectivity index (χ1) is 8.74. The zero-order valence-electron chi connectivity index (χ0n) is 9.99. The minimum absolute atomic E-state index is 0.0516. The van der Waals surface area contributed by atoms with Gasteiger partial charge in [-0.1, -0.05) is 19.3 Å². The van der Waals surface area contributed by atoms with Crippen LogP contribution in [0.5, 0.6) is 5.75 Å². The Labute approximate surface area is 114 Å². The van der Waals surface area contributed by atoms with Crippen molar-refractivity contribution in [2.75, 3.05) is 5.32 Å². The molecule has 4 nitrogen and oxygen atoms in total. The third-order valence-corrected chi connectivity index (χ3v) is 4.08. The number of ether oxygens (including phenoxy) is 1. The SMILES string of the molecule is O=C1Nc2ncc(Br)cc2OC1C1CCCCC1. The molecule has 1 saturated carbocycles. The molecule has 0 bridgehead atoms. The van der Waals surface area contributed by atoms with E-state index in [2.05, 4.69) is 26.2 Å². The van der Waals surface area contributed by atoms with Gasteiger partial charge < -0.3 is 10.1 Å². The smallest absolute Gasteiger partial charge is 0.266 e. The number of nitrogens with one attached hydrogen (secondary N) is 1. The lowest BCUT2D eigenvalue weighted by Crippen LogP contribution is -2.43. The van der Waals surface area contributed by atoms with Crippen LogP contribution in [-0.2, 0) is 4.79 Å². The Morgan fingerprint density at radius 3 is 2.89 bits per heavy atom. The van der Waals surface area contributed by atoms with Gasteiger partial charge in [-0.25, -0.2) is 4.98 Å². The average Bonchev–Trinajstić information content (AvgIpc) is 2.39. The van der Waals surface area contributed by atoms with Crippen molar-refractivity contribution in [1.29, 1.82) is 0 Å². The number of carbonyl (C=O) groups excluding carboxylic acids is 1. The van der Waals surface area contributed by atoms with Crippen molar-refractivity contribution >= 4 is 27.7 Å². The van der Waals surface area contributed by atoms with E-state index in [9.17, 15) is 4.79 Å². The highest BCUT2D eigenvalue weighted by Crippen LogP contribution is 2.35. The second kappa shape index (κ2) is 4.88. The fraction of sp³-hybridized carbons (Fsp3) is 0.538. The Hall–Kier alpha value is -1.10. The molecule has 0 radical (unpaired) electrons. The Morgan fingerprint density at radius 2 is 2.11 bits per heavy atom. The number of carbonyl (C=O) groups is 1. The first-order valence-corrected chi connectivity index (χ1v) is 7.16. The van der Waals surface area contributed by atoms with Crippen LogP contribution in [0.1, 0.15) is 32.1 Å². The molecule has 3 rings (SSSR count). The van der Waals surface area contributed by atoms with E-state index in [1.807, 2.05) is 6.07 Å². The molecule has 1 aliphatic heterocycles. The van der Waals surface area contributed by atoms with Crippen molar-refractivity contribution in [2.45, 2.75) is 38.2 Å². The van der Waals surface area contributed by atoms with Crippen LogP contribution in [-0.4, -0.2) is 17.0 Å². The molecule has 1 unspecified atom stereocenters. The van der Waals surface area contributed by atoms with Crippen LogP contribution in [0.2, 0.25) is 0 Å². The number of amides is 1. The van der Waals surface area contributed by atoms with Gasteiger partial charge in [0.15, 0.2) is 17.7 Å². The van der Waals surface area contributed by atoms with E-state index in [4.69, 9.17) is 4.74 Å². The van der Waals surface area contributed by atoms with Crippen molar-refractivity contribution in [3.05, 3.63) is 16.7 Å². The van der Waals surface area contributed by atoms with Gasteiger partial charge in [-0.05, 0) is 34.8 Å². The number of hydrogen-bond acceptors (Lipinski definition) is 3. The van der Waals surface area contributed by atoms with Gasteiger partial charge in [0.25, 0.3) is 5.91 Å². The molecule has 18 heavy (non-hydrogen) atoms. The molecule has 96 valence electrons. The highest BCUT2D eigenvalue weighted by atomic mass is 79.9. The Morgan fingerprint density at radius 1 is 1.33 bits per heavy atom. The second-order valence-electron chi connectivity index (χ2n) is 4.93. The minimum atomic E-state index is -0.353. The number of halogens is 1. The van der Waals surface area contributed by atoms with Crippen molar-refractivity contribution in [3.63, 3.8) is 0 Å². The molecule has 0 aromatic carbocycles. The summed E-state index contributed by atoms with van der Waals surface area (Å²) in [4.78, 5) is 16.2. The zero-order chi connectivity index (χ0) is 12.5. The summed E-state index contributed by atoms with van der Waals surface area (Å²) in [5.74, 6) is 1.48. The summed E-state index contributed by atoms with van der Waals surface area (Å²) >= 11 is 3.37. The van der Waals surface area contributed by atoms with Crippen LogP contribution in [0.25, 0.3) is 0 Å². The molecular formula is C13H15BrN2O2. The Balaban J connectivity index is 1.83. The van der Waals surface area contributed by atoms with E-state index in [1.54, 1.807) is 6.20 Å². The quantitative estimate of drug-likeness (QED) is 0.867. The van der Waals surface area contributed by atoms with Crippen molar-refractivity contribution in [2.24, 2.45) is 5.92 Å². The molecular weight excluding hydrogens is 296 g/mol. The standard InChI is InChI=1S/C13H15BrN2O2/c14-9-6-10-12(15-7-9)16-13(17)11(18-10)8-4-2-1-3-5-8/h6-8,11H,1-5H2,(H,15,16,17). The summed E-state index contributed by atoms with van der Waals surface area (Å²) in [6, 6.07) is 1.86. The number of anilines is 1. The molecule has 0 saturated heterocycles. The lowest BCUT2D eigenvalue weighted by Gasteiger charge is -2.32. The van der Waals surface area contributed by atoms with Crippen molar-refractivity contribution in [1.82, 2.24) is 4.98 Å². The van der Waals surface area contributed by atoms with Gasteiger partial charge in [-0.3, -0.25) is 4.79 Å². The van der Waals surface area contributed by atoms with Gasteiger partial charge in [0.2, 0.25) is 0 Å². The molecule has 1 aromatic rings. The lowest BCUT2D eigenvalue weighted by atomic mass is 9.84. The summed E-state index contributed by atoms with van der Waals surface area (Å²) in [5.41, 5.74) is 0. The number of nitrogens with zero attached hydrogens (tertiary/aromatic N) is 1. The predicted octanol–water partition coefficient (Wildman–Crippen LogP) is 3.12. The molecule has 5 heteroatoms. The maximum atomic E-state index is 12.1. The van der Waals surface area contributed by atoms with E-state index >= 15 is 0 Å². The first-order valence-electron chi connectivity index (χ1n) is 6.37. The molecule has 1 fully saturated rings. The molecule has 2 heterocycles. The third-order valence-electron chi connectivity index (χ3n) is 3.65. The zero-order valence-corrected chi connectivity index (χ0v) is 11.6. The van der Waals surface area contributed by atoms with Crippen LogP contribution in [0.3, 0.4) is 0 Å². The van der Waals surface area contributed by atoms with Crippen LogP contribution in [0.15, 0.2) is 16.7 Å². The Bertz CT molecular complexity index is 472. The monoisotopic (exact) mass is 310 g/mol. The van der Waals surface area contributed by atoms with E-state index in [0.717, 1.165) is 17.3 Å². The van der Waals surface area contributed by atoms with Crippen LogP contribution in [0.4, 0.5) is 5.82 Å². The average molecular weight is 311 g/mol. The topological polar surface area (TPSA) is 51.2 Å². The summed E-state index contributed by atoms with van der Waals surface area (Å²) in [7, 11) is 0. The highest BCUT2D eigenvalue weighted by molar-refractivity contribution is 9.10. The normalized spacial score (nSPS) is 24.1. The number of pyridine rings is 1. The fourth-order valence-electron chi connectivity index (χ4n) is 2.73. The molecule has 2 aliphatic rings. The van der Waals surface area contributed by atoms with Crippen molar-refractivity contribution in [3.8, 4) is 5.75 Å². The van der Waals surface area contributed by atoms with Crippen LogP contribution < -0.4 is 10.1 Å². The van der Waals surface area contributed by atoms with Crippen molar-refractivity contribution < 1.29 is 9.53 Å². The molecule has 1 aromatic heterocycles. The number of aromatic nitrogens is 1. The molecule has 1 amide bonds. The predicted molar refractivity (Wildman–Crippen MR) is 71.6 cm³/mol. The fourth-order valence-corrected chi connectivity index (χ4v) is 3.04. The number of hydrogen-bond donors (Lipinski definition) is 1. The van der Waals surface area contributed by atoms with Crippen LogP contribution >= 0.6 is 15.9 Å². The van der Waals surface area contributed by atoms with E-state index in [1.165, 1.54) is 19.3 Å². The largest absolute Gasteiger partial charge is 0.476 e. The highest BCUT2D eigenvalue weighted by Gasteiger charge is 2.35. The summed E-state index contributed by atoms with van der Waals surface area (Å²) in [6.07, 6.45) is 7.12. The first kappa shape index (κ1) is 12.0. The van der Waals surface area contributed by atoms with E-state index in [0.29, 0.717) is 17.5 Å². The van der Waals surface area contributed by atoms with Gasteiger partial charge in [0, 0.05) is 16.6 Å². The maximum Gasteiger partial charge on any atom is 0.266 e.